The van der Waals surface area contributed by atoms with Crippen LogP contribution in [0.2, 0.25) is 0 Å². The summed E-state index contributed by atoms with van der Waals surface area (Å²) in [6.07, 6.45) is 2.01. The minimum Gasteiger partial charge on any atom is -0.480 e. The number of urea groups is 1. The molecule has 0 aromatic rings. The number of aliphatic carboxylic acids is 1. The normalized spacial score (nSPS) is 11.9. The van der Waals surface area contributed by atoms with Gasteiger partial charge in [0, 0.05) is 20.2 Å². The van der Waals surface area contributed by atoms with Crippen LogP contribution in [0.3, 0.4) is 0 Å². The van der Waals surface area contributed by atoms with Gasteiger partial charge in [-0.1, -0.05) is 6.92 Å². The molecular formula is C11H22N2O4S. The van der Waals surface area contributed by atoms with E-state index < -0.39 is 5.97 Å². The van der Waals surface area contributed by atoms with E-state index in [1.54, 1.807) is 11.8 Å². The fourth-order valence-electron chi connectivity index (χ4n) is 1.33. The Bertz CT molecular complexity index is 263. The van der Waals surface area contributed by atoms with Crippen LogP contribution in [0.5, 0.6) is 0 Å². The lowest BCUT2D eigenvalue weighted by molar-refractivity contribution is -0.137. The fraction of sp³-hybridized carbons (Fsp3) is 0.818. The summed E-state index contributed by atoms with van der Waals surface area (Å²) < 4.78 is 4.85. The predicted molar refractivity (Wildman–Crippen MR) is 72.0 cm³/mol. The standard InChI is InChI=1S/C11H22N2O4S/c1-9(8-18-3)6-12-11(16)13(4-5-17-2)7-10(14)15/h9H,4-8H2,1-3H3,(H,12,16)(H,14,15). The largest absolute Gasteiger partial charge is 0.480 e. The van der Waals surface area contributed by atoms with E-state index in [-0.39, 0.29) is 19.1 Å². The zero-order valence-electron chi connectivity index (χ0n) is 11.1. The van der Waals surface area contributed by atoms with E-state index >= 15 is 0 Å². The maximum atomic E-state index is 11.8. The highest BCUT2D eigenvalue weighted by atomic mass is 32.2. The smallest absolute Gasteiger partial charge is 0.323 e. The Hall–Kier alpha value is -0.950. The lowest BCUT2D eigenvalue weighted by Crippen LogP contribution is -2.45. The van der Waals surface area contributed by atoms with Gasteiger partial charge in [-0.25, -0.2) is 4.79 Å². The lowest BCUT2D eigenvalue weighted by Gasteiger charge is -2.22. The molecule has 18 heavy (non-hydrogen) atoms. The lowest BCUT2D eigenvalue weighted by atomic mass is 10.2. The second-order valence-electron chi connectivity index (χ2n) is 4.05. The Morgan fingerprint density at radius 3 is 2.67 bits per heavy atom. The van der Waals surface area contributed by atoms with Crippen LogP contribution in [0.1, 0.15) is 6.92 Å². The molecule has 0 saturated carbocycles. The van der Waals surface area contributed by atoms with E-state index in [0.717, 1.165) is 5.75 Å². The van der Waals surface area contributed by atoms with Gasteiger partial charge in [-0.2, -0.15) is 11.8 Å². The molecule has 0 saturated heterocycles. The Morgan fingerprint density at radius 2 is 2.17 bits per heavy atom. The van der Waals surface area contributed by atoms with Crippen molar-refractivity contribution in [1.82, 2.24) is 10.2 Å². The molecule has 106 valence electrons. The predicted octanol–water partition coefficient (Wildman–Crippen LogP) is 0.728. The first-order chi connectivity index (χ1) is 8.51. The van der Waals surface area contributed by atoms with Crippen molar-refractivity contribution in [1.29, 1.82) is 0 Å². The van der Waals surface area contributed by atoms with Gasteiger partial charge in [0.05, 0.1) is 6.61 Å². The molecule has 0 aliphatic heterocycles. The molecule has 7 heteroatoms. The van der Waals surface area contributed by atoms with Gasteiger partial charge in [0.15, 0.2) is 0 Å². The van der Waals surface area contributed by atoms with Crippen molar-refractivity contribution >= 4 is 23.8 Å². The van der Waals surface area contributed by atoms with Crippen LogP contribution in [0, 0.1) is 5.92 Å². The van der Waals surface area contributed by atoms with Crippen LogP contribution in [-0.4, -0.2) is 67.4 Å². The topological polar surface area (TPSA) is 78.9 Å². The third-order valence-electron chi connectivity index (χ3n) is 2.23. The molecule has 0 aliphatic rings. The van der Waals surface area contributed by atoms with Crippen molar-refractivity contribution in [3.05, 3.63) is 0 Å². The SMILES string of the molecule is COCCN(CC(=O)O)C(=O)NCC(C)CSC. The summed E-state index contributed by atoms with van der Waals surface area (Å²) in [6.45, 7) is 2.86. The molecule has 0 rings (SSSR count). The number of amides is 2. The summed E-state index contributed by atoms with van der Waals surface area (Å²) in [4.78, 5) is 23.7. The van der Waals surface area contributed by atoms with E-state index in [9.17, 15) is 9.59 Å². The number of thioether (sulfide) groups is 1. The van der Waals surface area contributed by atoms with Crippen LogP contribution in [0.15, 0.2) is 0 Å². The van der Waals surface area contributed by atoms with Gasteiger partial charge in [0.1, 0.15) is 6.54 Å². The Kier molecular flexibility index (Phi) is 9.49. The minimum atomic E-state index is -1.03. The molecule has 2 amide bonds. The molecule has 0 bridgehead atoms. The van der Waals surface area contributed by atoms with Gasteiger partial charge in [0.25, 0.3) is 0 Å². The molecule has 0 aromatic heterocycles. The van der Waals surface area contributed by atoms with Gasteiger partial charge >= 0.3 is 12.0 Å². The molecule has 0 aromatic carbocycles. The monoisotopic (exact) mass is 278 g/mol. The quantitative estimate of drug-likeness (QED) is 0.650. The number of nitrogens with zero attached hydrogens (tertiary/aromatic N) is 1. The van der Waals surface area contributed by atoms with Crippen molar-refractivity contribution in [2.45, 2.75) is 6.92 Å². The van der Waals surface area contributed by atoms with E-state index in [4.69, 9.17) is 9.84 Å². The third-order valence-corrected chi connectivity index (χ3v) is 3.13. The third kappa shape index (κ3) is 8.19. The number of carbonyl (C=O) groups is 2. The summed E-state index contributed by atoms with van der Waals surface area (Å²) in [6, 6.07) is -0.359. The number of carboxylic acid groups (broad SMARTS) is 1. The average molecular weight is 278 g/mol. The number of nitrogens with one attached hydrogen (secondary N) is 1. The molecule has 0 spiro atoms. The second kappa shape index (κ2) is 10.0. The number of carboxylic acids is 1. The van der Waals surface area contributed by atoms with E-state index in [2.05, 4.69) is 5.32 Å². The molecule has 1 atom stereocenters. The molecule has 6 nitrogen and oxygen atoms in total. The van der Waals surface area contributed by atoms with Gasteiger partial charge < -0.3 is 20.1 Å². The van der Waals surface area contributed by atoms with Crippen molar-refractivity contribution in [2.24, 2.45) is 5.92 Å². The molecule has 1 unspecified atom stereocenters. The molecule has 2 N–H and O–H groups in total. The summed E-state index contributed by atoms with van der Waals surface area (Å²) >= 11 is 1.72. The second-order valence-corrected chi connectivity index (χ2v) is 4.97. The minimum absolute atomic E-state index is 0.269. The zero-order chi connectivity index (χ0) is 14.0. The first-order valence-corrected chi connectivity index (χ1v) is 7.13. The maximum Gasteiger partial charge on any atom is 0.323 e. The summed E-state index contributed by atoms with van der Waals surface area (Å²) in [5, 5.41) is 11.5. The summed E-state index contributed by atoms with van der Waals surface area (Å²) in [5.74, 6) is 0.286. The number of methoxy groups -OCH3 is 1. The molecule has 0 aliphatic carbocycles. The van der Waals surface area contributed by atoms with Crippen molar-refractivity contribution in [3.8, 4) is 0 Å². The van der Waals surface area contributed by atoms with Crippen LogP contribution >= 0.6 is 11.8 Å². The van der Waals surface area contributed by atoms with Crippen LogP contribution < -0.4 is 5.32 Å². The van der Waals surface area contributed by atoms with Gasteiger partial charge in [0.2, 0.25) is 0 Å². The number of ether oxygens (including phenoxy) is 1. The van der Waals surface area contributed by atoms with E-state index in [0.29, 0.717) is 19.1 Å². The summed E-state index contributed by atoms with van der Waals surface area (Å²) in [5.41, 5.74) is 0. The Morgan fingerprint density at radius 1 is 1.50 bits per heavy atom. The fourth-order valence-corrected chi connectivity index (χ4v) is 2.02. The highest BCUT2D eigenvalue weighted by molar-refractivity contribution is 7.98. The van der Waals surface area contributed by atoms with Crippen LogP contribution in [0.4, 0.5) is 4.79 Å². The number of carbonyl (C=O) groups excluding carboxylic acids is 1. The molecular weight excluding hydrogens is 256 g/mol. The first kappa shape index (κ1) is 17.1. The van der Waals surface area contributed by atoms with Crippen LogP contribution in [-0.2, 0) is 9.53 Å². The van der Waals surface area contributed by atoms with Crippen molar-refractivity contribution in [3.63, 3.8) is 0 Å². The Balaban J connectivity index is 4.14. The van der Waals surface area contributed by atoms with E-state index in [1.165, 1.54) is 12.0 Å². The highest BCUT2D eigenvalue weighted by Gasteiger charge is 2.16. The number of hydrogen-bond donors (Lipinski definition) is 2. The van der Waals surface area contributed by atoms with Gasteiger partial charge in [-0.05, 0) is 17.9 Å². The van der Waals surface area contributed by atoms with Gasteiger partial charge in [-0.15, -0.1) is 0 Å². The van der Waals surface area contributed by atoms with E-state index in [1.807, 2.05) is 13.2 Å². The summed E-state index contributed by atoms with van der Waals surface area (Å²) in [7, 11) is 1.51. The number of hydrogen-bond acceptors (Lipinski definition) is 4. The molecule has 0 fully saturated rings. The maximum absolute atomic E-state index is 11.8. The highest BCUT2D eigenvalue weighted by Crippen LogP contribution is 2.03. The van der Waals surface area contributed by atoms with Crippen molar-refractivity contribution in [2.75, 3.05) is 45.4 Å². The average Bonchev–Trinajstić information content (AvgIpc) is 2.31. The van der Waals surface area contributed by atoms with Crippen LogP contribution in [0.25, 0.3) is 0 Å². The van der Waals surface area contributed by atoms with Gasteiger partial charge in [-0.3, -0.25) is 4.79 Å². The first-order valence-electron chi connectivity index (χ1n) is 5.73. The van der Waals surface area contributed by atoms with Crippen molar-refractivity contribution < 1.29 is 19.4 Å². The number of rotatable bonds is 9. The molecule has 0 radical (unpaired) electrons. The molecule has 0 heterocycles. The Labute approximate surface area is 112 Å². The zero-order valence-corrected chi connectivity index (χ0v) is 12.0.